The highest BCUT2D eigenvalue weighted by Crippen LogP contribution is 2.32. The first kappa shape index (κ1) is 20.2. The quantitative estimate of drug-likeness (QED) is 0.446. The lowest BCUT2D eigenvalue weighted by atomic mass is 10.1. The van der Waals surface area contributed by atoms with Crippen LogP contribution in [0.3, 0.4) is 0 Å². The van der Waals surface area contributed by atoms with Gasteiger partial charge in [0.2, 0.25) is 0 Å². The zero-order valence-corrected chi connectivity index (χ0v) is 19.0. The third-order valence-corrected chi connectivity index (χ3v) is 7.87. The number of carbonyl (C=O) groups excluding carboxylic acids is 1. The van der Waals surface area contributed by atoms with E-state index in [0.29, 0.717) is 28.6 Å². The number of nitrogens with zero attached hydrogens (tertiary/aromatic N) is 3. The molecule has 0 atom stereocenters. The first-order chi connectivity index (χ1) is 14.8. The average molecular weight is 472 g/mol. The van der Waals surface area contributed by atoms with Crippen LogP contribution in [0.4, 0.5) is 0 Å². The summed E-state index contributed by atoms with van der Waals surface area (Å²) in [6, 6.07) is 13.7. The molecule has 0 saturated carbocycles. The number of hydrogen-bond donors (Lipinski definition) is 0. The van der Waals surface area contributed by atoms with Crippen LogP contribution in [0.5, 0.6) is 0 Å². The number of thiazole rings is 1. The summed E-state index contributed by atoms with van der Waals surface area (Å²) in [6.07, 6.45) is 3.93. The van der Waals surface area contributed by atoms with Gasteiger partial charge in [0.25, 0.3) is 5.91 Å². The van der Waals surface area contributed by atoms with Gasteiger partial charge < -0.3 is 4.90 Å². The van der Waals surface area contributed by atoms with Crippen molar-refractivity contribution in [2.24, 2.45) is 0 Å². The molecule has 0 saturated heterocycles. The van der Waals surface area contributed by atoms with Crippen LogP contribution in [0, 0.1) is 0 Å². The molecule has 31 heavy (non-hydrogen) atoms. The van der Waals surface area contributed by atoms with Crippen molar-refractivity contribution in [1.82, 2.24) is 14.3 Å². The number of imidazole rings is 1. The minimum atomic E-state index is -3.22. The molecule has 0 fully saturated rings. The molecule has 0 bridgehead atoms. The largest absolute Gasteiger partial charge is 0.333 e. The topological polar surface area (TPSA) is 71.8 Å². The van der Waals surface area contributed by atoms with E-state index in [4.69, 9.17) is 16.6 Å². The summed E-state index contributed by atoms with van der Waals surface area (Å²) in [4.78, 5) is 21.7. The minimum absolute atomic E-state index is 0.0000113. The van der Waals surface area contributed by atoms with E-state index in [1.807, 2.05) is 11.1 Å². The van der Waals surface area contributed by atoms with Crippen LogP contribution in [0.25, 0.3) is 16.2 Å². The van der Waals surface area contributed by atoms with E-state index in [-0.39, 0.29) is 5.91 Å². The lowest BCUT2D eigenvalue weighted by Crippen LogP contribution is -2.35. The van der Waals surface area contributed by atoms with Crippen molar-refractivity contribution in [2.75, 3.05) is 12.8 Å². The van der Waals surface area contributed by atoms with Crippen LogP contribution in [0.2, 0.25) is 5.02 Å². The van der Waals surface area contributed by atoms with Crippen LogP contribution in [-0.4, -0.2) is 41.4 Å². The molecule has 0 spiro atoms. The van der Waals surface area contributed by atoms with Crippen LogP contribution < -0.4 is 0 Å². The minimum Gasteiger partial charge on any atom is -0.333 e. The van der Waals surface area contributed by atoms with Crippen molar-refractivity contribution < 1.29 is 13.2 Å². The summed E-state index contributed by atoms with van der Waals surface area (Å²) in [5.41, 5.74) is 3.47. The van der Waals surface area contributed by atoms with Crippen molar-refractivity contribution in [3.8, 4) is 11.3 Å². The number of hydrogen-bond acceptors (Lipinski definition) is 5. The normalized spacial score (nSPS) is 14.1. The van der Waals surface area contributed by atoms with Crippen LogP contribution in [0.1, 0.15) is 20.9 Å². The number of aromatic nitrogens is 2. The molecule has 0 radical (unpaired) electrons. The summed E-state index contributed by atoms with van der Waals surface area (Å²) in [7, 11) is -3.22. The Morgan fingerprint density at radius 2 is 1.81 bits per heavy atom. The van der Waals surface area contributed by atoms with Crippen molar-refractivity contribution in [1.29, 1.82) is 0 Å². The van der Waals surface area contributed by atoms with Crippen molar-refractivity contribution in [3.63, 3.8) is 0 Å². The highest BCUT2D eigenvalue weighted by molar-refractivity contribution is 7.90. The highest BCUT2D eigenvalue weighted by atomic mass is 35.5. The van der Waals surface area contributed by atoms with Gasteiger partial charge in [-0.3, -0.25) is 9.20 Å². The van der Waals surface area contributed by atoms with Crippen molar-refractivity contribution in [2.45, 2.75) is 17.9 Å². The van der Waals surface area contributed by atoms with E-state index < -0.39 is 9.84 Å². The zero-order valence-electron chi connectivity index (χ0n) is 16.6. The molecule has 1 aliphatic rings. The Kier molecular flexibility index (Phi) is 4.88. The Morgan fingerprint density at radius 1 is 1.10 bits per heavy atom. The second-order valence-corrected chi connectivity index (χ2v) is 11.0. The zero-order chi connectivity index (χ0) is 21.8. The third-order valence-electron chi connectivity index (χ3n) is 5.41. The lowest BCUT2D eigenvalue weighted by Gasteiger charge is -2.26. The molecule has 2 aromatic heterocycles. The Hall–Kier alpha value is -2.68. The van der Waals surface area contributed by atoms with Crippen LogP contribution in [0.15, 0.2) is 59.6 Å². The van der Waals surface area contributed by atoms with E-state index in [9.17, 15) is 13.2 Å². The van der Waals surface area contributed by atoms with Gasteiger partial charge in [-0.25, -0.2) is 13.4 Å². The number of halogens is 1. The Labute approximate surface area is 188 Å². The van der Waals surface area contributed by atoms with Gasteiger partial charge >= 0.3 is 0 Å². The number of amides is 1. The maximum atomic E-state index is 12.8. The molecule has 1 aliphatic heterocycles. The fraction of sp³-hybridized carbons (Fsp3) is 0.182. The molecule has 1 amide bonds. The molecule has 5 rings (SSSR count). The Bertz CT molecular complexity index is 1400. The van der Waals surface area contributed by atoms with Gasteiger partial charge in [0.15, 0.2) is 14.8 Å². The van der Waals surface area contributed by atoms with E-state index in [2.05, 4.69) is 4.40 Å². The van der Waals surface area contributed by atoms with E-state index >= 15 is 0 Å². The Balaban J connectivity index is 1.40. The van der Waals surface area contributed by atoms with Gasteiger partial charge in [0.05, 0.1) is 17.1 Å². The summed E-state index contributed by atoms with van der Waals surface area (Å²) in [6.45, 7) is 1.19. The molecule has 9 heteroatoms. The molecular weight excluding hydrogens is 454 g/mol. The van der Waals surface area contributed by atoms with Crippen molar-refractivity contribution >= 4 is 43.6 Å². The maximum absolute atomic E-state index is 12.8. The smallest absolute Gasteiger partial charge is 0.254 e. The first-order valence-electron chi connectivity index (χ1n) is 9.64. The molecule has 158 valence electrons. The van der Waals surface area contributed by atoms with Crippen molar-refractivity contribution in [3.05, 3.63) is 75.9 Å². The van der Waals surface area contributed by atoms with Gasteiger partial charge in [-0.1, -0.05) is 35.1 Å². The van der Waals surface area contributed by atoms with Gasteiger partial charge in [-0.2, -0.15) is 0 Å². The number of fused-ring (bicyclic) bond motifs is 3. The van der Waals surface area contributed by atoms with E-state index in [1.165, 1.54) is 11.9 Å². The summed E-state index contributed by atoms with van der Waals surface area (Å²) in [5, 5.41) is 0.610. The molecule has 6 nitrogen and oxygen atoms in total. The molecule has 3 heterocycles. The second kappa shape index (κ2) is 7.47. The summed E-state index contributed by atoms with van der Waals surface area (Å²) in [5.74, 6) is 0.0000113. The fourth-order valence-corrected chi connectivity index (χ4v) is 5.69. The van der Waals surface area contributed by atoms with Gasteiger partial charge in [-0.05, 0) is 36.4 Å². The number of benzene rings is 2. The van der Waals surface area contributed by atoms with Crippen LogP contribution in [-0.2, 0) is 22.8 Å². The molecule has 4 aromatic rings. The van der Waals surface area contributed by atoms with Gasteiger partial charge in [-0.15, -0.1) is 0 Å². The lowest BCUT2D eigenvalue weighted by molar-refractivity contribution is 0.0736. The summed E-state index contributed by atoms with van der Waals surface area (Å²) >= 11 is 7.51. The Morgan fingerprint density at radius 3 is 2.48 bits per heavy atom. The number of carbonyl (C=O) groups is 1. The molecule has 0 aliphatic carbocycles. The highest BCUT2D eigenvalue weighted by Gasteiger charge is 2.26. The van der Waals surface area contributed by atoms with Crippen LogP contribution >= 0.6 is 22.9 Å². The predicted octanol–water partition coefficient (Wildman–Crippen LogP) is 4.32. The molecular formula is C22H18ClN3O3S2. The second-order valence-electron chi connectivity index (χ2n) is 7.53. The number of sulfone groups is 1. The SMILES string of the molecule is CS(=O)(=O)c1ccc(-c2cn3c4c(sc3n2)CN(C(=O)c2ccc(Cl)cc2)CC4)cc1. The fourth-order valence-electron chi connectivity index (χ4n) is 3.77. The summed E-state index contributed by atoms with van der Waals surface area (Å²) < 4.78 is 25.4. The van der Waals surface area contributed by atoms with E-state index in [0.717, 1.165) is 27.5 Å². The standard InChI is InChI=1S/C22H18ClN3O3S2/c1-31(28,29)17-8-4-14(5-9-17)18-12-26-19-10-11-25(13-20(19)30-22(26)24-18)21(27)15-2-6-16(23)7-3-15/h2-9,12H,10-11,13H2,1H3. The molecule has 0 unspecified atom stereocenters. The molecule has 2 aromatic carbocycles. The predicted molar refractivity (Wildman–Crippen MR) is 122 cm³/mol. The average Bonchev–Trinajstić information content (AvgIpc) is 3.31. The first-order valence-corrected chi connectivity index (χ1v) is 12.7. The van der Waals surface area contributed by atoms with E-state index in [1.54, 1.807) is 59.9 Å². The maximum Gasteiger partial charge on any atom is 0.254 e. The third kappa shape index (κ3) is 3.75. The van der Waals surface area contributed by atoms with Gasteiger partial charge in [0, 0.05) is 52.1 Å². The monoisotopic (exact) mass is 471 g/mol. The van der Waals surface area contributed by atoms with Gasteiger partial charge in [0.1, 0.15) is 0 Å². The number of rotatable bonds is 3. The molecule has 0 N–H and O–H groups in total.